The Morgan fingerprint density at radius 2 is 1.65 bits per heavy atom. The van der Waals surface area contributed by atoms with E-state index in [0.717, 1.165) is 15.6 Å². The highest BCUT2D eigenvalue weighted by molar-refractivity contribution is 9.10. The number of aryl methyl sites for hydroxylation is 1. The summed E-state index contributed by atoms with van der Waals surface area (Å²) in [6, 6.07) is 20.8. The fourth-order valence-corrected chi connectivity index (χ4v) is 3.08. The zero-order valence-electron chi connectivity index (χ0n) is 11.3. The van der Waals surface area contributed by atoms with E-state index in [1.807, 2.05) is 0 Å². The summed E-state index contributed by atoms with van der Waals surface area (Å²) in [4.78, 5) is 0. The topological polar surface area (TPSA) is 26.0 Å². The van der Waals surface area contributed by atoms with Crippen molar-refractivity contribution in [2.45, 2.75) is 13.0 Å². The minimum absolute atomic E-state index is 0.104. The van der Waals surface area contributed by atoms with Gasteiger partial charge in [0.05, 0.1) is 6.04 Å². The second kappa shape index (κ2) is 5.39. The van der Waals surface area contributed by atoms with Crippen LogP contribution in [0.1, 0.15) is 22.7 Å². The van der Waals surface area contributed by atoms with Crippen molar-refractivity contribution >= 4 is 26.7 Å². The highest BCUT2D eigenvalue weighted by Crippen LogP contribution is 2.32. The average molecular weight is 326 g/mol. The summed E-state index contributed by atoms with van der Waals surface area (Å²) in [5.74, 6) is 0. The second-order valence-corrected chi connectivity index (χ2v) is 5.93. The Morgan fingerprint density at radius 3 is 2.40 bits per heavy atom. The highest BCUT2D eigenvalue weighted by atomic mass is 79.9. The average Bonchev–Trinajstić information content (AvgIpc) is 2.47. The summed E-state index contributed by atoms with van der Waals surface area (Å²) in [5.41, 5.74) is 10.0. The molecule has 0 bridgehead atoms. The lowest BCUT2D eigenvalue weighted by Gasteiger charge is -2.16. The molecule has 2 heteroatoms. The molecule has 1 atom stereocenters. The van der Waals surface area contributed by atoms with Gasteiger partial charge in [0.1, 0.15) is 0 Å². The Kier molecular flexibility index (Phi) is 3.60. The molecule has 3 aromatic rings. The first-order chi connectivity index (χ1) is 9.66. The molecule has 0 fully saturated rings. The van der Waals surface area contributed by atoms with Gasteiger partial charge in [0.15, 0.2) is 0 Å². The van der Waals surface area contributed by atoms with Gasteiger partial charge in [-0.15, -0.1) is 0 Å². The molecule has 0 saturated carbocycles. The summed E-state index contributed by atoms with van der Waals surface area (Å²) in [5, 5.41) is 2.41. The normalized spacial score (nSPS) is 12.6. The number of halogens is 1. The maximum atomic E-state index is 6.49. The quantitative estimate of drug-likeness (QED) is 0.708. The van der Waals surface area contributed by atoms with Crippen molar-refractivity contribution in [2.75, 3.05) is 0 Å². The molecular weight excluding hydrogens is 310 g/mol. The van der Waals surface area contributed by atoms with Gasteiger partial charge in [-0.05, 0) is 34.9 Å². The molecule has 0 heterocycles. The zero-order chi connectivity index (χ0) is 14.1. The van der Waals surface area contributed by atoms with Crippen LogP contribution in [-0.2, 0) is 0 Å². The van der Waals surface area contributed by atoms with Gasteiger partial charge in [0.2, 0.25) is 0 Å². The predicted molar refractivity (Wildman–Crippen MR) is 88.9 cm³/mol. The van der Waals surface area contributed by atoms with Crippen molar-refractivity contribution in [1.29, 1.82) is 0 Å². The van der Waals surface area contributed by atoms with Crippen molar-refractivity contribution in [3.05, 3.63) is 81.8 Å². The van der Waals surface area contributed by atoms with Crippen LogP contribution in [-0.4, -0.2) is 0 Å². The molecule has 1 nitrogen and oxygen atoms in total. The van der Waals surface area contributed by atoms with Gasteiger partial charge in [-0.2, -0.15) is 0 Å². The molecule has 0 amide bonds. The fourth-order valence-electron chi connectivity index (χ4n) is 2.60. The first-order valence-electron chi connectivity index (χ1n) is 6.66. The number of rotatable bonds is 2. The lowest BCUT2D eigenvalue weighted by Crippen LogP contribution is -2.12. The number of fused-ring (bicyclic) bond motifs is 1. The van der Waals surface area contributed by atoms with Gasteiger partial charge < -0.3 is 5.73 Å². The van der Waals surface area contributed by atoms with Gasteiger partial charge >= 0.3 is 0 Å². The molecule has 1 unspecified atom stereocenters. The van der Waals surface area contributed by atoms with E-state index in [2.05, 4.69) is 83.5 Å². The number of nitrogens with two attached hydrogens (primary N) is 1. The predicted octanol–water partition coefficient (Wildman–Crippen LogP) is 4.96. The summed E-state index contributed by atoms with van der Waals surface area (Å²) in [7, 11) is 0. The number of hydrogen-bond acceptors (Lipinski definition) is 1. The maximum absolute atomic E-state index is 6.49. The molecule has 0 aromatic heterocycles. The van der Waals surface area contributed by atoms with Crippen LogP contribution in [0.15, 0.2) is 65.1 Å². The lowest BCUT2D eigenvalue weighted by molar-refractivity contribution is 0.879. The van der Waals surface area contributed by atoms with Crippen LogP contribution in [0.2, 0.25) is 0 Å². The van der Waals surface area contributed by atoms with Crippen LogP contribution in [0.3, 0.4) is 0 Å². The minimum atomic E-state index is -0.104. The Hall–Kier alpha value is -1.64. The van der Waals surface area contributed by atoms with Crippen molar-refractivity contribution in [1.82, 2.24) is 0 Å². The largest absolute Gasteiger partial charge is 0.320 e. The van der Waals surface area contributed by atoms with Crippen LogP contribution in [0.5, 0.6) is 0 Å². The molecule has 0 radical (unpaired) electrons. The molecule has 0 aliphatic heterocycles. The number of benzene rings is 3. The van der Waals surface area contributed by atoms with Gasteiger partial charge in [0.25, 0.3) is 0 Å². The van der Waals surface area contributed by atoms with Crippen LogP contribution >= 0.6 is 15.9 Å². The van der Waals surface area contributed by atoms with Crippen LogP contribution in [0.25, 0.3) is 10.8 Å². The third-order valence-electron chi connectivity index (χ3n) is 3.64. The van der Waals surface area contributed by atoms with Crippen LogP contribution in [0, 0.1) is 6.92 Å². The maximum Gasteiger partial charge on any atom is 0.0557 e. The van der Waals surface area contributed by atoms with Crippen LogP contribution < -0.4 is 5.73 Å². The first kappa shape index (κ1) is 13.3. The Labute approximate surface area is 127 Å². The molecule has 100 valence electrons. The monoisotopic (exact) mass is 325 g/mol. The molecule has 0 aliphatic carbocycles. The summed E-state index contributed by atoms with van der Waals surface area (Å²) in [6.45, 7) is 2.09. The second-order valence-electron chi connectivity index (χ2n) is 5.07. The molecule has 3 aromatic carbocycles. The summed E-state index contributed by atoms with van der Waals surface area (Å²) < 4.78 is 1.10. The highest BCUT2D eigenvalue weighted by Gasteiger charge is 2.13. The van der Waals surface area contributed by atoms with Gasteiger partial charge in [-0.1, -0.05) is 76.1 Å². The van der Waals surface area contributed by atoms with Gasteiger partial charge in [-0.25, -0.2) is 0 Å². The standard InChI is InChI=1S/C18H16BrN/c1-12-5-4-6-13(11-12)18(20)16-9-10-17(19)15-8-3-2-7-14(15)16/h2-11,18H,20H2,1H3. The third kappa shape index (κ3) is 2.37. The minimum Gasteiger partial charge on any atom is -0.320 e. The van der Waals surface area contributed by atoms with E-state index >= 15 is 0 Å². The van der Waals surface area contributed by atoms with E-state index in [4.69, 9.17) is 5.73 Å². The fraction of sp³-hybridized carbons (Fsp3) is 0.111. The lowest BCUT2D eigenvalue weighted by atomic mass is 9.94. The van der Waals surface area contributed by atoms with Crippen LogP contribution in [0.4, 0.5) is 0 Å². The summed E-state index contributed by atoms with van der Waals surface area (Å²) in [6.07, 6.45) is 0. The Morgan fingerprint density at radius 1 is 0.900 bits per heavy atom. The van der Waals surface area contributed by atoms with E-state index in [0.29, 0.717) is 0 Å². The van der Waals surface area contributed by atoms with Crippen molar-refractivity contribution in [3.8, 4) is 0 Å². The third-order valence-corrected chi connectivity index (χ3v) is 4.33. The van der Waals surface area contributed by atoms with Crippen molar-refractivity contribution in [3.63, 3.8) is 0 Å². The first-order valence-corrected chi connectivity index (χ1v) is 7.45. The van der Waals surface area contributed by atoms with Crippen molar-refractivity contribution < 1.29 is 0 Å². The van der Waals surface area contributed by atoms with E-state index in [1.165, 1.54) is 16.3 Å². The Bertz CT molecular complexity index is 764. The smallest absolute Gasteiger partial charge is 0.0557 e. The number of hydrogen-bond donors (Lipinski definition) is 1. The van der Waals surface area contributed by atoms with E-state index in [1.54, 1.807) is 0 Å². The molecule has 0 spiro atoms. The molecule has 0 aliphatic rings. The molecule has 0 saturated heterocycles. The molecule has 20 heavy (non-hydrogen) atoms. The molecular formula is C18H16BrN. The van der Waals surface area contributed by atoms with E-state index in [-0.39, 0.29) is 6.04 Å². The van der Waals surface area contributed by atoms with Gasteiger partial charge in [0, 0.05) is 4.47 Å². The van der Waals surface area contributed by atoms with Crippen molar-refractivity contribution in [2.24, 2.45) is 5.73 Å². The Balaban J connectivity index is 2.17. The SMILES string of the molecule is Cc1cccc(C(N)c2ccc(Br)c3ccccc23)c1. The molecule has 3 rings (SSSR count). The summed E-state index contributed by atoms with van der Waals surface area (Å²) >= 11 is 3.61. The van der Waals surface area contributed by atoms with E-state index < -0.39 is 0 Å². The van der Waals surface area contributed by atoms with Gasteiger partial charge in [-0.3, -0.25) is 0 Å². The molecule has 2 N–H and O–H groups in total. The zero-order valence-corrected chi connectivity index (χ0v) is 12.9. The van der Waals surface area contributed by atoms with E-state index in [9.17, 15) is 0 Å².